The number of nitrogens with zero attached hydrogens (tertiary/aromatic N) is 3. The smallest absolute Gasteiger partial charge is 0.296 e. The van der Waals surface area contributed by atoms with Crippen molar-refractivity contribution in [3.05, 3.63) is 100 Å². The molecule has 41 heavy (non-hydrogen) atoms. The van der Waals surface area contributed by atoms with Crippen LogP contribution in [0.1, 0.15) is 53.8 Å². The summed E-state index contributed by atoms with van der Waals surface area (Å²) in [5, 5.41) is 19.7. The number of halogens is 1. The Labute approximate surface area is 244 Å². The van der Waals surface area contributed by atoms with Crippen LogP contribution in [0.5, 0.6) is 5.75 Å². The van der Waals surface area contributed by atoms with Crippen LogP contribution in [0.2, 0.25) is 0 Å². The topological polar surface area (TPSA) is 106 Å². The van der Waals surface area contributed by atoms with E-state index in [9.17, 15) is 19.1 Å². The number of aromatic nitrogens is 2. The number of ketones is 1. The molecule has 0 saturated heterocycles. The number of anilines is 1. The predicted molar refractivity (Wildman–Crippen MR) is 155 cm³/mol. The molecule has 1 aliphatic rings. The molecule has 0 radical (unpaired) electrons. The van der Waals surface area contributed by atoms with Gasteiger partial charge in [-0.15, -0.1) is 10.2 Å². The summed E-state index contributed by atoms with van der Waals surface area (Å²) < 4.78 is 25.3. The summed E-state index contributed by atoms with van der Waals surface area (Å²) in [4.78, 5) is 28.4. The third-order valence-corrected chi connectivity index (χ3v) is 8.56. The molecule has 3 heterocycles. The fourth-order valence-corrected chi connectivity index (χ4v) is 6.13. The summed E-state index contributed by atoms with van der Waals surface area (Å²) in [5.41, 5.74) is 1.35. The van der Waals surface area contributed by atoms with Gasteiger partial charge >= 0.3 is 0 Å². The highest BCUT2D eigenvalue weighted by atomic mass is 32.2. The van der Waals surface area contributed by atoms with Gasteiger partial charge in [-0.25, -0.2) is 4.39 Å². The lowest BCUT2D eigenvalue weighted by Gasteiger charge is -2.24. The number of amides is 1. The van der Waals surface area contributed by atoms with Crippen molar-refractivity contribution in [1.82, 2.24) is 10.2 Å². The van der Waals surface area contributed by atoms with Crippen LogP contribution in [-0.4, -0.2) is 33.6 Å². The number of benzene rings is 2. The number of aliphatic hydroxyl groups is 1. The minimum absolute atomic E-state index is 0.0147. The van der Waals surface area contributed by atoms with E-state index in [0.717, 1.165) is 23.3 Å². The number of hydrogen-bond donors (Lipinski definition) is 1. The van der Waals surface area contributed by atoms with Crippen LogP contribution in [0.4, 0.5) is 9.52 Å². The number of Topliss-reactive ketones (excluding diaryl/α,β-unsaturated/α-hetero) is 1. The van der Waals surface area contributed by atoms with Gasteiger partial charge in [-0.2, -0.15) is 0 Å². The third kappa shape index (κ3) is 6.36. The van der Waals surface area contributed by atoms with Gasteiger partial charge in [-0.3, -0.25) is 14.5 Å². The van der Waals surface area contributed by atoms with Crippen molar-refractivity contribution in [1.29, 1.82) is 0 Å². The van der Waals surface area contributed by atoms with E-state index in [4.69, 9.17) is 9.15 Å². The second-order valence-corrected chi connectivity index (χ2v) is 12.1. The summed E-state index contributed by atoms with van der Waals surface area (Å²) in [7, 11) is 0. The molecule has 1 unspecified atom stereocenters. The van der Waals surface area contributed by atoms with Crippen molar-refractivity contribution in [2.75, 3.05) is 11.5 Å². The largest absolute Gasteiger partial charge is 0.503 e. The SMILES string of the molecule is Cc1ccc(C(=O)C2=C(O)C(=O)N(c3nnc(SCc4ccc(F)cc4)s3)C2c2cccc(OCCC(C)C)c2)o1. The molecule has 2 aromatic heterocycles. The molecular weight excluding hydrogens is 565 g/mol. The van der Waals surface area contributed by atoms with Crippen LogP contribution in [0.25, 0.3) is 0 Å². The molecule has 11 heteroatoms. The zero-order valence-corrected chi connectivity index (χ0v) is 24.3. The first-order chi connectivity index (χ1) is 19.7. The Bertz CT molecular complexity index is 1600. The van der Waals surface area contributed by atoms with Crippen molar-refractivity contribution in [3.63, 3.8) is 0 Å². The summed E-state index contributed by atoms with van der Waals surface area (Å²) in [6, 6.07) is 15.5. The van der Waals surface area contributed by atoms with Crippen molar-refractivity contribution in [2.45, 2.75) is 43.3 Å². The summed E-state index contributed by atoms with van der Waals surface area (Å²) in [6.07, 6.45) is 0.865. The van der Waals surface area contributed by atoms with Crippen LogP contribution in [0.3, 0.4) is 0 Å². The van der Waals surface area contributed by atoms with E-state index in [1.165, 1.54) is 34.9 Å². The molecule has 212 valence electrons. The van der Waals surface area contributed by atoms with Crippen molar-refractivity contribution < 1.29 is 28.2 Å². The number of aliphatic hydroxyl groups excluding tert-OH is 1. The maximum Gasteiger partial charge on any atom is 0.296 e. The predicted octanol–water partition coefficient (Wildman–Crippen LogP) is 7.08. The van der Waals surface area contributed by atoms with E-state index in [-0.39, 0.29) is 22.3 Å². The van der Waals surface area contributed by atoms with Gasteiger partial charge in [0.25, 0.3) is 5.91 Å². The zero-order valence-electron chi connectivity index (χ0n) is 22.7. The van der Waals surface area contributed by atoms with Crippen LogP contribution in [0, 0.1) is 18.7 Å². The Morgan fingerprint density at radius 2 is 1.95 bits per heavy atom. The van der Waals surface area contributed by atoms with E-state index in [2.05, 4.69) is 24.0 Å². The highest BCUT2D eigenvalue weighted by molar-refractivity contribution is 8.00. The molecule has 1 N–H and O–H groups in total. The van der Waals surface area contributed by atoms with E-state index in [1.54, 1.807) is 49.4 Å². The van der Waals surface area contributed by atoms with E-state index in [0.29, 0.717) is 39.7 Å². The lowest BCUT2D eigenvalue weighted by atomic mass is 9.95. The fraction of sp³-hybridized carbons (Fsp3) is 0.267. The normalized spacial score (nSPS) is 15.3. The van der Waals surface area contributed by atoms with E-state index >= 15 is 0 Å². The Kier molecular flexibility index (Phi) is 8.55. The van der Waals surface area contributed by atoms with Gasteiger partial charge in [0.1, 0.15) is 17.3 Å². The van der Waals surface area contributed by atoms with Crippen LogP contribution in [-0.2, 0) is 10.5 Å². The number of aryl methyl sites for hydroxylation is 1. The minimum Gasteiger partial charge on any atom is -0.503 e. The first kappa shape index (κ1) is 28.6. The molecule has 1 atom stereocenters. The Balaban J connectivity index is 1.48. The van der Waals surface area contributed by atoms with Gasteiger partial charge in [0, 0.05) is 5.75 Å². The minimum atomic E-state index is -0.989. The molecule has 0 spiro atoms. The van der Waals surface area contributed by atoms with Gasteiger partial charge in [-0.1, -0.05) is 61.2 Å². The van der Waals surface area contributed by atoms with Crippen LogP contribution < -0.4 is 9.64 Å². The number of rotatable bonds is 11. The van der Waals surface area contributed by atoms with Gasteiger partial charge in [0.15, 0.2) is 15.9 Å². The lowest BCUT2D eigenvalue weighted by molar-refractivity contribution is -0.117. The summed E-state index contributed by atoms with van der Waals surface area (Å²) in [6.45, 7) is 6.44. The van der Waals surface area contributed by atoms with E-state index < -0.39 is 23.5 Å². The van der Waals surface area contributed by atoms with Crippen molar-refractivity contribution in [3.8, 4) is 5.75 Å². The second kappa shape index (κ2) is 12.3. The number of carbonyl (C=O) groups excluding carboxylic acids is 2. The lowest BCUT2D eigenvalue weighted by Crippen LogP contribution is -2.31. The number of carbonyl (C=O) groups is 2. The number of thioether (sulfide) groups is 1. The summed E-state index contributed by atoms with van der Waals surface area (Å²) >= 11 is 2.54. The standard InChI is InChI=1S/C30H28FN3O5S2/c1-17(2)13-14-38-22-6-4-5-20(15-22)25-24(26(35)23-12-7-18(3)39-23)27(36)28(37)34(25)29-32-33-30(41-29)40-16-19-8-10-21(31)11-9-19/h4-12,15,17,25,36H,13-14,16H2,1-3H3. The monoisotopic (exact) mass is 593 g/mol. The fourth-order valence-electron chi connectivity index (χ4n) is 4.31. The first-order valence-corrected chi connectivity index (χ1v) is 14.8. The molecule has 1 aliphatic heterocycles. The number of ether oxygens (including phenoxy) is 1. The Morgan fingerprint density at radius 1 is 1.17 bits per heavy atom. The molecule has 5 rings (SSSR count). The van der Waals surface area contributed by atoms with E-state index in [1.807, 2.05) is 0 Å². The first-order valence-electron chi connectivity index (χ1n) is 13.0. The molecule has 8 nitrogen and oxygen atoms in total. The molecule has 0 fully saturated rings. The average Bonchev–Trinajstić information content (AvgIpc) is 3.66. The maximum absolute atomic E-state index is 13.6. The quantitative estimate of drug-likeness (QED) is 0.112. The molecule has 1 amide bonds. The van der Waals surface area contributed by atoms with Gasteiger partial charge in [-0.05, 0) is 66.8 Å². The summed E-state index contributed by atoms with van der Waals surface area (Å²) in [5.74, 6) is -0.239. The molecule has 0 bridgehead atoms. The average molecular weight is 594 g/mol. The highest BCUT2D eigenvalue weighted by Gasteiger charge is 2.46. The van der Waals surface area contributed by atoms with Crippen LogP contribution in [0.15, 0.2) is 80.8 Å². The second-order valence-electron chi connectivity index (χ2n) is 9.95. The maximum atomic E-state index is 13.6. The third-order valence-electron chi connectivity index (χ3n) is 6.43. The number of furan rings is 1. The van der Waals surface area contributed by atoms with Crippen LogP contribution >= 0.6 is 23.1 Å². The van der Waals surface area contributed by atoms with Gasteiger partial charge in [0.05, 0.1) is 18.2 Å². The highest BCUT2D eigenvalue weighted by Crippen LogP contribution is 2.44. The molecule has 0 aliphatic carbocycles. The van der Waals surface area contributed by atoms with Crippen molar-refractivity contribution >= 4 is 39.9 Å². The molecule has 2 aromatic carbocycles. The van der Waals surface area contributed by atoms with Gasteiger partial charge in [0.2, 0.25) is 10.9 Å². The number of hydrogen-bond acceptors (Lipinski definition) is 9. The molecule has 0 saturated carbocycles. The van der Waals surface area contributed by atoms with Crippen molar-refractivity contribution in [2.24, 2.45) is 5.92 Å². The Morgan fingerprint density at radius 3 is 2.66 bits per heavy atom. The zero-order chi connectivity index (χ0) is 29.1. The molecular formula is C30H28FN3O5S2. The Hall–Kier alpha value is -3.96. The van der Waals surface area contributed by atoms with Gasteiger partial charge < -0.3 is 14.3 Å². The molecule has 4 aromatic rings.